The lowest BCUT2D eigenvalue weighted by Crippen LogP contribution is -2.36. The third kappa shape index (κ3) is 2.99. The molecule has 4 rings (SSSR count). The minimum atomic E-state index is -0.0246. The second-order valence-electron chi connectivity index (χ2n) is 6.10. The van der Waals surface area contributed by atoms with E-state index in [9.17, 15) is 4.79 Å². The number of nitrogens with zero attached hydrogens (tertiary/aromatic N) is 2. The van der Waals surface area contributed by atoms with Gasteiger partial charge in [-0.1, -0.05) is 24.3 Å². The highest BCUT2D eigenvalue weighted by molar-refractivity contribution is 7.18. The lowest BCUT2D eigenvalue weighted by molar-refractivity contribution is 0.214. The number of rotatable bonds is 1. The zero-order valence-electron chi connectivity index (χ0n) is 13.6. The first-order valence-corrected chi connectivity index (χ1v) is 9.00. The van der Waals surface area contributed by atoms with Gasteiger partial charge in [-0.3, -0.25) is 0 Å². The Hall–Kier alpha value is -2.40. The van der Waals surface area contributed by atoms with Gasteiger partial charge in [0.2, 0.25) is 0 Å². The second-order valence-corrected chi connectivity index (χ2v) is 7.34. The first-order chi connectivity index (χ1) is 11.7. The monoisotopic (exact) mass is 337 g/mol. The topological polar surface area (TPSA) is 45.2 Å². The summed E-state index contributed by atoms with van der Waals surface area (Å²) < 4.78 is 1.11. The van der Waals surface area contributed by atoms with Crippen LogP contribution in [-0.4, -0.2) is 29.0 Å². The number of thiazole rings is 1. The zero-order chi connectivity index (χ0) is 16.5. The third-order valence-electron chi connectivity index (χ3n) is 4.45. The molecule has 2 heterocycles. The van der Waals surface area contributed by atoms with E-state index in [4.69, 9.17) is 0 Å². The Morgan fingerprint density at radius 2 is 1.83 bits per heavy atom. The first-order valence-electron chi connectivity index (χ1n) is 8.19. The van der Waals surface area contributed by atoms with E-state index in [1.807, 2.05) is 30.0 Å². The number of nitrogens with one attached hydrogen (secondary N) is 1. The molecule has 1 aliphatic heterocycles. The standard InChI is InChI=1S/C19H19N3OS/c1-13-20-17-7-6-16(12-18(17)24-13)21-19(23)22-10-8-14-4-2-3-5-15(14)9-11-22/h2-7,12H,8-11H2,1H3,(H,21,23). The van der Waals surface area contributed by atoms with Crippen LogP contribution in [0.1, 0.15) is 16.1 Å². The van der Waals surface area contributed by atoms with Crippen LogP contribution < -0.4 is 5.32 Å². The van der Waals surface area contributed by atoms with Crippen LogP contribution >= 0.6 is 11.3 Å². The maximum Gasteiger partial charge on any atom is 0.321 e. The number of amides is 2. The summed E-state index contributed by atoms with van der Waals surface area (Å²) in [7, 11) is 0. The Bertz CT molecular complexity index is 876. The van der Waals surface area contributed by atoms with Crippen molar-refractivity contribution in [3.8, 4) is 0 Å². The summed E-state index contributed by atoms with van der Waals surface area (Å²) in [5.74, 6) is 0. The maximum atomic E-state index is 12.6. The lowest BCUT2D eigenvalue weighted by atomic mass is 10.0. The van der Waals surface area contributed by atoms with Crippen molar-refractivity contribution in [2.45, 2.75) is 19.8 Å². The molecular weight excluding hydrogens is 318 g/mol. The van der Waals surface area contributed by atoms with Crippen LogP contribution in [-0.2, 0) is 12.8 Å². The van der Waals surface area contributed by atoms with Crippen molar-refractivity contribution in [2.24, 2.45) is 0 Å². The number of aromatic nitrogens is 1. The Morgan fingerprint density at radius 1 is 1.12 bits per heavy atom. The van der Waals surface area contributed by atoms with E-state index in [1.165, 1.54) is 11.1 Å². The van der Waals surface area contributed by atoms with Gasteiger partial charge in [-0.15, -0.1) is 11.3 Å². The van der Waals surface area contributed by atoms with Crippen molar-refractivity contribution in [3.63, 3.8) is 0 Å². The number of anilines is 1. The van der Waals surface area contributed by atoms with E-state index in [2.05, 4.69) is 34.6 Å². The molecule has 0 aliphatic carbocycles. The Balaban J connectivity index is 1.47. The fraction of sp³-hybridized carbons (Fsp3) is 0.263. The third-order valence-corrected chi connectivity index (χ3v) is 5.39. The van der Waals surface area contributed by atoms with Gasteiger partial charge in [0.05, 0.1) is 15.2 Å². The number of carbonyl (C=O) groups excluding carboxylic acids is 1. The highest BCUT2D eigenvalue weighted by Gasteiger charge is 2.18. The first kappa shape index (κ1) is 15.1. The molecule has 3 aromatic rings. The molecule has 122 valence electrons. The van der Waals surface area contributed by atoms with Crippen molar-refractivity contribution in [3.05, 3.63) is 58.6 Å². The smallest absolute Gasteiger partial charge is 0.321 e. The Kier molecular flexibility index (Phi) is 3.94. The molecule has 0 atom stereocenters. The van der Waals surface area contributed by atoms with E-state index < -0.39 is 0 Å². The SMILES string of the molecule is Cc1nc2ccc(NC(=O)N3CCc4ccccc4CC3)cc2s1. The van der Waals surface area contributed by atoms with Gasteiger partial charge in [-0.25, -0.2) is 9.78 Å². The number of aryl methyl sites for hydroxylation is 1. The summed E-state index contributed by atoms with van der Waals surface area (Å²) in [6.45, 7) is 3.51. The molecule has 0 saturated heterocycles. The number of benzene rings is 2. The Labute approximate surface area is 145 Å². The molecule has 0 bridgehead atoms. The largest absolute Gasteiger partial charge is 0.324 e. The normalized spacial score (nSPS) is 14.3. The average molecular weight is 337 g/mol. The molecule has 24 heavy (non-hydrogen) atoms. The fourth-order valence-electron chi connectivity index (χ4n) is 3.19. The lowest BCUT2D eigenvalue weighted by Gasteiger charge is -2.20. The molecule has 4 nitrogen and oxygen atoms in total. The average Bonchev–Trinajstić information content (AvgIpc) is 2.81. The minimum Gasteiger partial charge on any atom is -0.324 e. The second kappa shape index (κ2) is 6.24. The molecule has 1 N–H and O–H groups in total. The summed E-state index contributed by atoms with van der Waals surface area (Å²) in [5.41, 5.74) is 4.53. The van der Waals surface area contributed by atoms with Crippen LogP contribution in [0.15, 0.2) is 42.5 Å². The van der Waals surface area contributed by atoms with Gasteiger partial charge in [-0.05, 0) is 49.1 Å². The van der Waals surface area contributed by atoms with Crippen LogP contribution in [0.2, 0.25) is 0 Å². The van der Waals surface area contributed by atoms with Gasteiger partial charge in [0, 0.05) is 18.8 Å². The van der Waals surface area contributed by atoms with Crippen LogP contribution in [0.3, 0.4) is 0 Å². The van der Waals surface area contributed by atoms with Crippen molar-refractivity contribution < 1.29 is 4.79 Å². The van der Waals surface area contributed by atoms with Gasteiger partial charge < -0.3 is 10.2 Å². The summed E-state index contributed by atoms with van der Waals surface area (Å²) in [6, 6.07) is 14.3. The quantitative estimate of drug-likeness (QED) is 0.722. The van der Waals surface area contributed by atoms with Crippen LogP contribution in [0.4, 0.5) is 10.5 Å². The number of fused-ring (bicyclic) bond motifs is 2. The predicted octanol–water partition coefficient (Wildman–Crippen LogP) is 4.24. The number of hydrogen-bond donors (Lipinski definition) is 1. The molecule has 0 fully saturated rings. The molecule has 1 aliphatic rings. The number of urea groups is 1. The molecular formula is C19H19N3OS. The Morgan fingerprint density at radius 3 is 2.54 bits per heavy atom. The molecule has 1 aromatic heterocycles. The molecule has 5 heteroatoms. The van der Waals surface area contributed by atoms with Gasteiger partial charge in [0.15, 0.2) is 0 Å². The van der Waals surface area contributed by atoms with E-state index in [1.54, 1.807) is 11.3 Å². The molecule has 0 radical (unpaired) electrons. The van der Waals surface area contributed by atoms with Crippen LogP contribution in [0.5, 0.6) is 0 Å². The van der Waals surface area contributed by atoms with E-state index in [-0.39, 0.29) is 6.03 Å². The minimum absolute atomic E-state index is 0.0246. The predicted molar refractivity (Wildman–Crippen MR) is 98.8 cm³/mol. The summed E-state index contributed by atoms with van der Waals surface area (Å²) >= 11 is 1.65. The maximum absolute atomic E-state index is 12.6. The van der Waals surface area contributed by atoms with Crippen molar-refractivity contribution in [1.82, 2.24) is 9.88 Å². The van der Waals surface area contributed by atoms with E-state index in [0.29, 0.717) is 0 Å². The fourth-order valence-corrected chi connectivity index (χ4v) is 4.06. The number of hydrogen-bond acceptors (Lipinski definition) is 3. The molecule has 2 aromatic carbocycles. The van der Waals surface area contributed by atoms with E-state index >= 15 is 0 Å². The summed E-state index contributed by atoms with van der Waals surface area (Å²) in [4.78, 5) is 19.0. The van der Waals surface area contributed by atoms with Gasteiger partial charge >= 0.3 is 6.03 Å². The van der Waals surface area contributed by atoms with Crippen molar-refractivity contribution >= 4 is 33.3 Å². The summed E-state index contributed by atoms with van der Waals surface area (Å²) in [6.07, 6.45) is 1.83. The van der Waals surface area contributed by atoms with Crippen LogP contribution in [0.25, 0.3) is 10.2 Å². The van der Waals surface area contributed by atoms with Crippen molar-refractivity contribution in [2.75, 3.05) is 18.4 Å². The molecule has 0 spiro atoms. The van der Waals surface area contributed by atoms with E-state index in [0.717, 1.165) is 46.8 Å². The molecule has 0 unspecified atom stereocenters. The summed E-state index contributed by atoms with van der Waals surface area (Å²) in [5, 5.41) is 4.07. The molecule has 2 amide bonds. The van der Waals surface area contributed by atoms with Gasteiger partial charge in [0.1, 0.15) is 0 Å². The van der Waals surface area contributed by atoms with Gasteiger partial charge in [0.25, 0.3) is 0 Å². The zero-order valence-corrected chi connectivity index (χ0v) is 14.4. The van der Waals surface area contributed by atoms with Gasteiger partial charge in [-0.2, -0.15) is 0 Å². The highest BCUT2D eigenvalue weighted by atomic mass is 32.1. The highest BCUT2D eigenvalue weighted by Crippen LogP contribution is 2.25. The number of carbonyl (C=O) groups is 1. The molecule has 0 saturated carbocycles. The van der Waals surface area contributed by atoms with Crippen molar-refractivity contribution in [1.29, 1.82) is 0 Å². The van der Waals surface area contributed by atoms with Crippen LogP contribution in [0, 0.1) is 6.92 Å².